The molecule has 2 heterocycles. The lowest BCUT2D eigenvalue weighted by atomic mass is 9.97. The number of piperidine rings is 1. The van der Waals surface area contributed by atoms with Crippen LogP contribution in [-0.2, 0) is 11.3 Å². The van der Waals surface area contributed by atoms with Crippen molar-refractivity contribution < 1.29 is 4.74 Å². The first-order valence-electron chi connectivity index (χ1n) is 7.15. The summed E-state index contributed by atoms with van der Waals surface area (Å²) in [5, 5.41) is 3.67. The van der Waals surface area contributed by atoms with Crippen molar-refractivity contribution >= 4 is 0 Å². The summed E-state index contributed by atoms with van der Waals surface area (Å²) >= 11 is 0. The van der Waals surface area contributed by atoms with E-state index in [0.29, 0.717) is 12.1 Å². The third kappa shape index (κ3) is 3.56. The number of hydrogen-bond acceptors (Lipinski definition) is 3. The molecule has 4 heteroatoms. The average Bonchev–Trinajstić information content (AvgIpc) is 2.83. The molecule has 2 atom stereocenters. The van der Waals surface area contributed by atoms with E-state index in [1.807, 2.05) is 19.4 Å². The number of aryl methyl sites for hydroxylation is 1. The smallest absolute Gasteiger partial charge is 0.0948 e. The van der Waals surface area contributed by atoms with Crippen LogP contribution in [0.3, 0.4) is 0 Å². The lowest BCUT2D eigenvalue weighted by Crippen LogP contribution is -2.35. The van der Waals surface area contributed by atoms with Crippen LogP contribution in [-0.4, -0.2) is 28.8 Å². The van der Waals surface area contributed by atoms with Crippen LogP contribution in [0.2, 0.25) is 0 Å². The Balaban J connectivity index is 1.90. The normalized spacial score (nSPS) is 24.3. The maximum absolute atomic E-state index is 5.38. The molecular formula is C14H25N3O. The van der Waals surface area contributed by atoms with Gasteiger partial charge < -0.3 is 14.6 Å². The van der Waals surface area contributed by atoms with E-state index in [4.69, 9.17) is 4.74 Å². The number of nitrogens with zero attached hydrogens (tertiary/aromatic N) is 2. The molecule has 1 aromatic rings. The molecule has 1 aliphatic heterocycles. The molecule has 4 nitrogen and oxygen atoms in total. The van der Waals surface area contributed by atoms with Crippen molar-refractivity contribution in [1.82, 2.24) is 14.9 Å². The van der Waals surface area contributed by atoms with E-state index in [0.717, 1.165) is 26.2 Å². The zero-order chi connectivity index (χ0) is 12.8. The highest BCUT2D eigenvalue weighted by Gasteiger charge is 2.21. The molecule has 102 valence electrons. The molecule has 1 N–H and O–H groups in total. The third-order valence-corrected chi connectivity index (χ3v) is 3.61. The Morgan fingerprint density at radius 2 is 2.39 bits per heavy atom. The number of ether oxygens (including phenoxy) is 1. The summed E-state index contributed by atoms with van der Waals surface area (Å²) < 4.78 is 7.66. The Kier molecular flexibility index (Phi) is 5.20. The summed E-state index contributed by atoms with van der Waals surface area (Å²) in [5.41, 5.74) is 1.33. The molecule has 0 aromatic carbocycles. The molecule has 1 aromatic heterocycles. The molecule has 0 radical (unpaired) electrons. The van der Waals surface area contributed by atoms with Gasteiger partial charge in [0.25, 0.3) is 0 Å². The molecule has 0 amide bonds. The number of rotatable bonds is 6. The first-order valence-corrected chi connectivity index (χ1v) is 7.15. The van der Waals surface area contributed by atoms with Gasteiger partial charge >= 0.3 is 0 Å². The van der Waals surface area contributed by atoms with E-state index in [1.54, 1.807) is 0 Å². The first kappa shape index (κ1) is 13.6. The van der Waals surface area contributed by atoms with E-state index in [-0.39, 0.29) is 0 Å². The van der Waals surface area contributed by atoms with Crippen LogP contribution >= 0.6 is 0 Å². The summed E-state index contributed by atoms with van der Waals surface area (Å²) in [4.78, 5) is 4.30. The van der Waals surface area contributed by atoms with Gasteiger partial charge in [0.2, 0.25) is 0 Å². The fourth-order valence-electron chi connectivity index (χ4n) is 2.66. The van der Waals surface area contributed by atoms with Gasteiger partial charge in [0.15, 0.2) is 0 Å². The van der Waals surface area contributed by atoms with Gasteiger partial charge in [-0.05, 0) is 39.5 Å². The Labute approximate surface area is 110 Å². The van der Waals surface area contributed by atoms with Crippen molar-refractivity contribution in [3.05, 3.63) is 18.2 Å². The predicted octanol–water partition coefficient (Wildman–Crippen LogP) is 2.51. The van der Waals surface area contributed by atoms with Gasteiger partial charge in [-0.15, -0.1) is 0 Å². The Bertz CT molecular complexity index is 351. The number of aromatic nitrogens is 2. The summed E-state index contributed by atoms with van der Waals surface area (Å²) in [6.07, 6.45) is 8.83. The molecule has 1 fully saturated rings. The fourth-order valence-corrected chi connectivity index (χ4v) is 2.66. The molecule has 1 saturated heterocycles. The molecular weight excluding hydrogens is 226 g/mol. The van der Waals surface area contributed by atoms with Crippen molar-refractivity contribution in [2.75, 3.05) is 13.2 Å². The third-order valence-electron chi connectivity index (χ3n) is 3.61. The molecule has 0 bridgehead atoms. The van der Waals surface area contributed by atoms with Gasteiger partial charge in [0, 0.05) is 38.0 Å². The number of hydrogen-bond donors (Lipinski definition) is 1. The van der Waals surface area contributed by atoms with Crippen molar-refractivity contribution in [1.29, 1.82) is 0 Å². The van der Waals surface area contributed by atoms with E-state index in [1.165, 1.54) is 25.0 Å². The SMILES string of the molecule is CCOCCCn1cncc1C1CCCC(C)N1. The van der Waals surface area contributed by atoms with Gasteiger partial charge in [0.1, 0.15) is 0 Å². The molecule has 0 saturated carbocycles. The zero-order valence-electron chi connectivity index (χ0n) is 11.6. The topological polar surface area (TPSA) is 39.1 Å². The minimum Gasteiger partial charge on any atom is -0.382 e. The Morgan fingerprint density at radius 3 is 3.17 bits per heavy atom. The highest BCUT2D eigenvalue weighted by atomic mass is 16.5. The first-order chi connectivity index (χ1) is 8.81. The van der Waals surface area contributed by atoms with Crippen molar-refractivity contribution in [3.63, 3.8) is 0 Å². The lowest BCUT2D eigenvalue weighted by molar-refractivity contribution is 0.141. The molecule has 0 aliphatic carbocycles. The number of imidazole rings is 1. The summed E-state index contributed by atoms with van der Waals surface area (Å²) in [7, 11) is 0. The van der Waals surface area contributed by atoms with E-state index in [2.05, 4.69) is 21.8 Å². The van der Waals surface area contributed by atoms with Crippen LogP contribution < -0.4 is 5.32 Å². The molecule has 2 rings (SSSR count). The Morgan fingerprint density at radius 1 is 1.50 bits per heavy atom. The highest BCUT2D eigenvalue weighted by Crippen LogP contribution is 2.25. The van der Waals surface area contributed by atoms with E-state index in [9.17, 15) is 0 Å². The highest BCUT2D eigenvalue weighted by molar-refractivity contribution is 5.07. The van der Waals surface area contributed by atoms with Crippen LogP contribution in [0.4, 0.5) is 0 Å². The largest absolute Gasteiger partial charge is 0.382 e. The van der Waals surface area contributed by atoms with Gasteiger partial charge in [-0.1, -0.05) is 0 Å². The lowest BCUT2D eigenvalue weighted by Gasteiger charge is -2.29. The minimum atomic E-state index is 0.475. The second-order valence-electron chi connectivity index (χ2n) is 5.11. The van der Waals surface area contributed by atoms with E-state index < -0.39 is 0 Å². The summed E-state index contributed by atoms with van der Waals surface area (Å²) in [6, 6.07) is 1.10. The predicted molar refractivity (Wildman–Crippen MR) is 72.5 cm³/mol. The fraction of sp³-hybridized carbons (Fsp3) is 0.786. The van der Waals surface area contributed by atoms with Gasteiger partial charge in [-0.25, -0.2) is 4.98 Å². The quantitative estimate of drug-likeness (QED) is 0.790. The van der Waals surface area contributed by atoms with Gasteiger partial charge in [0.05, 0.1) is 12.0 Å². The molecule has 18 heavy (non-hydrogen) atoms. The van der Waals surface area contributed by atoms with Crippen LogP contribution in [0, 0.1) is 0 Å². The monoisotopic (exact) mass is 251 g/mol. The number of nitrogens with one attached hydrogen (secondary N) is 1. The second-order valence-corrected chi connectivity index (χ2v) is 5.11. The van der Waals surface area contributed by atoms with Crippen LogP contribution in [0.1, 0.15) is 51.3 Å². The van der Waals surface area contributed by atoms with Crippen LogP contribution in [0.5, 0.6) is 0 Å². The second kappa shape index (κ2) is 6.90. The zero-order valence-corrected chi connectivity index (χ0v) is 11.6. The maximum Gasteiger partial charge on any atom is 0.0948 e. The molecule has 0 spiro atoms. The van der Waals surface area contributed by atoms with Crippen molar-refractivity contribution in [2.45, 2.75) is 58.2 Å². The van der Waals surface area contributed by atoms with Gasteiger partial charge in [-0.2, -0.15) is 0 Å². The van der Waals surface area contributed by atoms with E-state index >= 15 is 0 Å². The van der Waals surface area contributed by atoms with Crippen molar-refractivity contribution in [2.24, 2.45) is 0 Å². The average molecular weight is 251 g/mol. The van der Waals surface area contributed by atoms with Crippen LogP contribution in [0.25, 0.3) is 0 Å². The van der Waals surface area contributed by atoms with Crippen molar-refractivity contribution in [3.8, 4) is 0 Å². The van der Waals surface area contributed by atoms with Crippen LogP contribution in [0.15, 0.2) is 12.5 Å². The summed E-state index contributed by atoms with van der Waals surface area (Å²) in [5.74, 6) is 0. The molecule has 2 unspecified atom stereocenters. The standard InChI is InChI=1S/C14H25N3O/c1-3-18-9-5-8-17-11-15-10-14(17)13-7-4-6-12(2)16-13/h10-13,16H,3-9H2,1-2H3. The maximum atomic E-state index is 5.38. The molecule has 1 aliphatic rings. The minimum absolute atomic E-state index is 0.475. The summed E-state index contributed by atoms with van der Waals surface area (Å²) in [6.45, 7) is 6.95. The van der Waals surface area contributed by atoms with Gasteiger partial charge in [-0.3, -0.25) is 0 Å². The Hall–Kier alpha value is -0.870.